The van der Waals surface area contributed by atoms with Crippen LogP contribution in [0.5, 0.6) is 0 Å². The van der Waals surface area contributed by atoms with Gasteiger partial charge in [0.15, 0.2) is 0 Å². The predicted molar refractivity (Wildman–Crippen MR) is 76.3 cm³/mol. The number of amides is 1. The smallest absolute Gasteiger partial charge is 0.220 e. The molecule has 4 heteroatoms. The van der Waals surface area contributed by atoms with E-state index in [-0.39, 0.29) is 12.5 Å². The number of carbonyl (C=O) groups excluding carboxylic acids is 1. The van der Waals surface area contributed by atoms with Crippen molar-refractivity contribution in [3.8, 4) is 0 Å². The molecule has 1 unspecified atom stereocenters. The second-order valence-electron chi connectivity index (χ2n) is 4.98. The minimum Gasteiger partial charge on any atom is -0.392 e. The molecule has 0 aliphatic rings. The van der Waals surface area contributed by atoms with Gasteiger partial charge in [0.2, 0.25) is 5.91 Å². The molecule has 0 aliphatic heterocycles. The van der Waals surface area contributed by atoms with Gasteiger partial charge in [-0.25, -0.2) is 0 Å². The molecule has 1 rings (SSSR count). The Bertz CT molecular complexity index is 393. The van der Waals surface area contributed by atoms with E-state index in [1.807, 2.05) is 24.3 Å². The van der Waals surface area contributed by atoms with Crippen molar-refractivity contribution < 1.29 is 9.90 Å². The molecule has 0 spiro atoms. The first-order valence-electron chi connectivity index (χ1n) is 6.81. The topological polar surface area (TPSA) is 75.4 Å². The van der Waals surface area contributed by atoms with Crippen LogP contribution in [0.15, 0.2) is 24.3 Å². The Morgan fingerprint density at radius 2 is 2.11 bits per heavy atom. The molecule has 19 heavy (non-hydrogen) atoms. The monoisotopic (exact) mass is 264 g/mol. The number of hydrogen-bond acceptors (Lipinski definition) is 3. The van der Waals surface area contributed by atoms with E-state index in [2.05, 4.69) is 12.2 Å². The van der Waals surface area contributed by atoms with Crippen LogP contribution in [0, 0.1) is 5.92 Å². The van der Waals surface area contributed by atoms with Crippen molar-refractivity contribution in [1.29, 1.82) is 0 Å². The van der Waals surface area contributed by atoms with Crippen molar-refractivity contribution in [2.75, 3.05) is 6.54 Å². The second-order valence-corrected chi connectivity index (χ2v) is 4.98. The third kappa shape index (κ3) is 6.36. The molecule has 1 aromatic carbocycles. The molecular weight excluding hydrogens is 240 g/mol. The Kier molecular flexibility index (Phi) is 7.15. The van der Waals surface area contributed by atoms with Crippen LogP contribution >= 0.6 is 0 Å². The van der Waals surface area contributed by atoms with Crippen LogP contribution in [0.25, 0.3) is 0 Å². The van der Waals surface area contributed by atoms with E-state index < -0.39 is 0 Å². The minimum absolute atomic E-state index is 0.0262. The Balaban J connectivity index is 2.29. The number of aliphatic hydroxyl groups is 1. The van der Waals surface area contributed by atoms with Gasteiger partial charge >= 0.3 is 0 Å². The summed E-state index contributed by atoms with van der Waals surface area (Å²) in [6.07, 6.45) is 2.38. The highest BCUT2D eigenvalue weighted by atomic mass is 16.3. The van der Waals surface area contributed by atoms with Crippen LogP contribution < -0.4 is 11.1 Å². The SMILES string of the molecule is CC(CCN)CCC(=O)NCc1cccc(CO)c1. The van der Waals surface area contributed by atoms with Crippen molar-refractivity contribution in [1.82, 2.24) is 5.32 Å². The van der Waals surface area contributed by atoms with Gasteiger partial charge in [0.1, 0.15) is 0 Å². The minimum atomic E-state index is 0.0262. The highest BCUT2D eigenvalue weighted by molar-refractivity contribution is 5.75. The molecule has 0 fully saturated rings. The van der Waals surface area contributed by atoms with Crippen LogP contribution in [0.2, 0.25) is 0 Å². The summed E-state index contributed by atoms with van der Waals surface area (Å²) >= 11 is 0. The number of hydrogen-bond donors (Lipinski definition) is 3. The molecule has 0 saturated carbocycles. The molecule has 0 aliphatic carbocycles. The average Bonchev–Trinajstić information content (AvgIpc) is 2.43. The van der Waals surface area contributed by atoms with E-state index in [0.717, 1.165) is 24.0 Å². The average molecular weight is 264 g/mol. The molecule has 1 aromatic rings. The van der Waals surface area contributed by atoms with Gasteiger partial charge in [0, 0.05) is 13.0 Å². The van der Waals surface area contributed by atoms with Gasteiger partial charge in [0.25, 0.3) is 0 Å². The first-order valence-corrected chi connectivity index (χ1v) is 6.81. The van der Waals surface area contributed by atoms with E-state index in [9.17, 15) is 4.79 Å². The zero-order valence-electron chi connectivity index (χ0n) is 11.6. The van der Waals surface area contributed by atoms with Gasteiger partial charge in [-0.05, 0) is 36.4 Å². The van der Waals surface area contributed by atoms with Crippen molar-refractivity contribution in [3.63, 3.8) is 0 Å². The van der Waals surface area contributed by atoms with Crippen molar-refractivity contribution >= 4 is 5.91 Å². The van der Waals surface area contributed by atoms with Crippen LogP contribution in [0.1, 0.15) is 37.3 Å². The van der Waals surface area contributed by atoms with Crippen molar-refractivity contribution in [2.45, 2.75) is 39.3 Å². The number of nitrogens with two attached hydrogens (primary N) is 1. The molecule has 0 radical (unpaired) electrons. The van der Waals surface area contributed by atoms with Crippen molar-refractivity contribution in [3.05, 3.63) is 35.4 Å². The Morgan fingerprint density at radius 3 is 2.79 bits per heavy atom. The Labute approximate surface area is 115 Å². The summed E-state index contributed by atoms with van der Waals surface area (Å²) in [4.78, 5) is 11.7. The largest absolute Gasteiger partial charge is 0.392 e. The van der Waals surface area contributed by atoms with Gasteiger partial charge in [-0.15, -0.1) is 0 Å². The fraction of sp³-hybridized carbons (Fsp3) is 0.533. The first-order chi connectivity index (χ1) is 9.15. The maximum atomic E-state index is 11.7. The molecule has 0 aromatic heterocycles. The van der Waals surface area contributed by atoms with Crippen LogP contribution in [-0.4, -0.2) is 17.6 Å². The molecule has 106 valence electrons. The van der Waals surface area contributed by atoms with E-state index in [4.69, 9.17) is 10.8 Å². The Hall–Kier alpha value is -1.39. The molecule has 0 heterocycles. The normalized spacial score (nSPS) is 12.2. The summed E-state index contributed by atoms with van der Waals surface area (Å²) in [6, 6.07) is 7.59. The summed E-state index contributed by atoms with van der Waals surface area (Å²) in [7, 11) is 0. The lowest BCUT2D eigenvalue weighted by Gasteiger charge is -2.10. The molecular formula is C15H24N2O2. The number of nitrogens with one attached hydrogen (secondary N) is 1. The van der Waals surface area contributed by atoms with Gasteiger partial charge < -0.3 is 16.2 Å². The van der Waals surface area contributed by atoms with Crippen LogP contribution in [0.4, 0.5) is 0 Å². The summed E-state index contributed by atoms with van der Waals surface area (Å²) < 4.78 is 0. The highest BCUT2D eigenvalue weighted by Crippen LogP contribution is 2.09. The molecule has 0 bridgehead atoms. The number of benzene rings is 1. The van der Waals surface area contributed by atoms with Crippen LogP contribution in [-0.2, 0) is 17.9 Å². The lowest BCUT2D eigenvalue weighted by molar-refractivity contribution is -0.121. The van der Waals surface area contributed by atoms with E-state index in [1.54, 1.807) is 0 Å². The maximum absolute atomic E-state index is 11.7. The Morgan fingerprint density at radius 1 is 1.37 bits per heavy atom. The number of carbonyl (C=O) groups is 1. The molecule has 0 saturated heterocycles. The fourth-order valence-corrected chi connectivity index (χ4v) is 1.93. The number of rotatable bonds is 8. The zero-order chi connectivity index (χ0) is 14.1. The lowest BCUT2D eigenvalue weighted by atomic mass is 10.0. The summed E-state index contributed by atoms with van der Waals surface area (Å²) in [5.74, 6) is 0.562. The molecule has 4 N–H and O–H groups in total. The number of aliphatic hydroxyl groups excluding tert-OH is 1. The lowest BCUT2D eigenvalue weighted by Crippen LogP contribution is -2.23. The molecule has 4 nitrogen and oxygen atoms in total. The molecule has 1 atom stereocenters. The van der Waals surface area contributed by atoms with Gasteiger partial charge in [-0.1, -0.05) is 31.2 Å². The van der Waals surface area contributed by atoms with Gasteiger partial charge in [-0.3, -0.25) is 4.79 Å². The first kappa shape index (κ1) is 15.7. The summed E-state index contributed by atoms with van der Waals surface area (Å²) in [5, 5.41) is 11.9. The third-order valence-electron chi connectivity index (χ3n) is 3.19. The fourth-order valence-electron chi connectivity index (χ4n) is 1.93. The van der Waals surface area contributed by atoms with Crippen molar-refractivity contribution in [2.24, 2.45) is 11.7 Å². The highest BCUT2D eigenvalue weighted by Gasteiger charge is 2.06. The third-order valence-corrected chi connectivity index (χ3v) is 3.19. The van der Waals surface area contributed by atoms with E-state index >= 15 is 0 Å². The van der Waals surface area contributed by atoms with Crippen LogP contribution in [0.3, 0.4) is 0 Å². The standard InChI is InChI=1S/C15H24N2O2/c1-12(7-8-16)5-6-15(19)17-10-13-3-2-4-14(9-13)11-18/h2-4,9,12,18H,5-8,10-11,16H2,1H3,(H,17,19). The predicted octanol–water partition coefficient (Wildman–Crippen LogP) is 1.56. The summed E-state index contributed by atoms with van der Waals surface area (Å²) in [5.41, 5.74) is 7.35. The maximum Gasteiger partial charge on any atom is 0.220 e. The van der Waals surface area contributed by atoms with E-state index in [0.29, 0.717) is 25.4 Å². The second kappa shape index (κ2) is 8.67. The zero-order valence-corrected chi connectivity index (χ0v) is 11.6. The van der Waals surface area contributed by atoms with E-state index in [1.165, 1.54) is 0 Å². The molecule has 1 amide bonds. The van der Waals surface area contributed by atoms with Gasteiger partial charge in [0.05, 0.1) is 6.61 Å². The van der Waals surface area contributed by atoms with Gasteiger partial charge in [-0.2, -0.15) is 0 Å². The quantitative estimate of drug-likeness (QED) is 0.667. The summed E-state index contributed by atoms with van der Waals surface area (Å²) in [6.45, 7) is 3.33.